The lowest BCUT2D eigenvalue weighted by Gasteiger charge is -2.15. The number of amides is 1. The van der Waals surface area contributed by atoms with Crippen molar-refractivity contribution in [2.45, 2.75) is 32.7 Å². The van der Waals surface area contributed by atoms with Gasteiger partial charge in [-0.1, -0.05) is 13.8 Å². The number of halogens is 1. The molecule has 2 N–H and O–H groups in total. The molecule has 24 heavy (non-hydrogen) atoms. The topological polar surface area (TPSA) is 92.4 Å². The Bertz CT molecular complexity index is 710. The van der Waals surface area contributed by atoms with E-state index in [1.165, 1.54) is 30.5 Å². The van der Waals surface area contributed by atoms with Crippen LogP contribution in [0.5, 0.6) is 0 Å². The van der Waals surface area contributed by atoms with E-state index in [-0.39, 0.29) is 24.0 Å². The van der Waals surface area contributed by atoms with Crippen molar-refractivity contribution < 1.29 is 23.5 Å². The molecule has 7 heteroatoms. The van der Waals surface area contributed by atoms with Gasteiger partial charge < -0.3 is 14.8 Å². The molecule has 0 saturated carbocycles. The van der Waals surface area contributed by atoms with Crippen LogP contribution in [0.4, 0.5) is 4.39 Å². The zero-order valence-corrected chi connectivity index (χ0v) is 13.5. The first-order valence-electron chi connectivity index (χ1n) is 7.57. The predicted molar refractivity (Wildman–Crippen MR) is 84.6 cm³/mol. The van der Waals surface area contributed by atoms with Crippen molar-refractivity contribution in [2.75, 3.05) is 0 Å². The molecule has 1 aromatic heterocycles. The smallest absolute Gasteiger partial charge is 0.326 e. The first-order valence-corrected chi connectivity index (χ1v) is 7.57. The van der Waals surface area contributed by atoms with Gasteiger partial charge in [-0.3, -0.25) is 4.79 Å². The van der Waals surface area contributed by atoms with E-state index in [0.717, 1.165) is 0 Å². The van der Waals surface area contributed by atoms with Crippen molar-refractivity contribution in [2.24, 2.45) is 5.92 Å². The summed E-state index contributed by atoms with van der Waals surface area (Å²) in [6, 6.07) is 4.69. The van der Waals surface area contributed by atoms with E-state index in [4.69, 9.17) is 9.52 Å². The maximum atomic E-state index is 12.9. The Hall–Kier alpha value is -2.70. The highest BCUT2D eigenvalue weighted by atomic mass is 19.1. The third-order valence-electron chi connectivity index (χ3n) is 3.33. The molecule has 1 heterocycles. The monoisotopic (exact) mass is 334 g/mol. The Kier molecular flexibility index (Phi) is 5.68. The van der Waals surface area contributed by atoms with Crippen LogP contribution in [0.15, 0.2) is 34.9 Å². The second-order valence-corrected chi connectivity index (χ2v) is 5.92. The normalized spacial score (nSPS) is 12.2. The average Bonchev–Trinajstić information content (AvgIpc) is 2.95. The van der Waals surface area contributed by atoms with Gasteiger partial charge in [0.1, 0.15) is 18.1 Å². The Morgan fingerprint density at radius 2 is 1.96 bits per heavy atom. The molecule has 1 unspecified atom stereocenters. The predicted octanol–water partition coefficient (Wildman–Crippen LogP) is 2.64. The fourth-order valence-electron chi connectivity index (χ4n) is 2.22. The number of nitrogens with one attached hydrogen (secondary N) is 1. The fourth-order valence-corrected chi connectivity index (χ4v) is 2.22. The number of carboxylic acids is 1. The highest BCUT2D eigenvalue weighted by Crippen LogP contribution is 2.19. The van der Waals surface area contributed by atoms with Crippen molar-refractivity contribution in [3.63, 3.8) is 0 Å². The van der Waals surface area contributed by atoms with Crippen LogP contribution in [0, 0.1) is 11.7 Å². The minimum atomic E-state index is -1.07. The lowest BCUT2D eigenvalue weighted by Crippen LogP contribution is -2.42. The maximum Gasteiger partial charge on any atom is 0.326 e. The summed E-state index contributed by atoms with van der Waals surface area (Å²) < 4.78 is 18.2. The Balaban J connectivity index is 1.99. The van der Waals surface area contributed by atoms with Crippen LogP contribution in [0.25, 0.3) is 11.5 Å². The number of hydrogen-bond donors (Lipinski definition) is 2. The van der Waals surface area contributed by atoms with Crippen LogP contribution < -0.4 is 5.32 Å². The van der Waals surface area contributed by atoms with Crippen LogP contribution in [0.1, 0.15) is 26.0 Å². The van der Waals surface area contributed by atoms with Crippen molar-refractivity contribution in [1.29, 1.82) is 0 Å². The summed E-state index contributed by atoms with van der Waals surface area (Å²) in [6.07, 6.45) is 1.59. The van der Waals surface area contributed by atoms with Crippen molar-refractivity contribution in [1.82, 2.24) is 10.3 Å². The SMILES string of the molecule is CC(C)CC(NC(=O)Cc1coc(-c2ccc(F)cc2)n1)C(=O)O. The molecule has 1 amide bonds. The first kappa shape index (κ1) is 17.7. The molecule has 1 aromatic carbocycles. The molecular weight excluding hydrogens is 315 g/mol. The molecule has 0 aliphatic carbocycles. The van der Waals surface area contributed by atoms with Gasteiger partial charge in [0.05, 0.1) is 12.1 Å². The molecule has 2 rings (SSSR count). The summed E-state index contributed by atoms with van der Waals surface area (Å²) >= 11 is 0. The molecule has 0 aliphatic rings. The second-order valence-electron chi connectivity index (χ2n) is 5.92. The Morgan fingerprint density at radius 3 is 2.54 bits per heavy atom. The molecule has 2 aromatic rings. The van der Waals surface area contributed by atoms with Gasteiger partial charge >= 0.3 is 5.97 Å². The van der Waals surface area contributed by atoms with Crippen molar-refractivity contribution in [3.05, 3.63) is 42.0 Å². The molecule has 6 nitrogen and oxygen atoms in total. The summed E-state index contributed by atoms with van der Waals surface area (Å²) in [6.45, 7) is 3.77. The average molecular weight is 334 g/mol. The highest BCUT2D eigenvalue weighted by Gasteiger charge is 2.21. The van der Waals surface area contributed by atoms with Gasteiger partial charge in [-0.25, -0.2) is 14.2 Å². The summed E-state index contributed by atoms with van der Waals surface area (Å²) in [4.78, 5) is 27.3. The number of rotatable bonds is 7. The maximum absolute atomic E-state index is 12.9. The molecule has 0 aliphatic heterocycles. The molecule has 0 spiro atoms. The lowest BCUT2D eigenvalue weighted by molar-refractivity contribution is -0.142. The lowest BCUT2D eigenvalue weighted by atomic mass is 10.0. The van der Waals surface area contributed by atoms with Crippen LogP contribution in [-0.4, -0.2) is 28.0 Å². The van der Waals surface area contributed by atoms with Gasteiger partial charge in [0.2, 0.25) is 11.8 Å². The second kappa shape index (κ2) is 7.72. The number of aliphatic carboxylic acids is 1. The molecule has 0 radical (unpaired) electrons. The van der Waals surface area contributed by atoms with E-state index in [9.17, 15) is 14.0 Å². The van der Waals surface area contributed by atoms with E-state index in [0.29, 0.717) is 17.7 Å². The van der Waals surface area contributed by atoms with Crippen LogP contribution >= 0.6 is 0 Å². The quantitative estimate of drug-likeness (QED) is 0.812. The number of hydrogen-bond acceptors (Lipinski definition) is 4. The first-order chi connectivity index (χ1) is 11.3. The van der Waals surface area contributed by atoms with E-state index < -0.39 is 17.9 Å². The summed E-state index contributed by atoms with van der Waals surface area (Å²) in [7, 11) is 0. The number of nitrogens with zero attached hydrogens (tertiary/aromatic N) is 1. The number of carbonyl (C=O) groups is 2. The van der Waals surface area contributed by atoms with Crippen LogP contribution in [0.2, 0.25) is 0 Å². The van der Waals surface area contributed by atoms with Crippen molar-refractivity contribution in [3.8, 4) is 11.5 Å². The van der Waals surface area contributed by atoms with Gasteiger partial charge in [0, 0.05) is 5.56 Å². The van der Waals surface area contributed by atoms with Gasteiger partial charge in [0.15, 0.2) is 0 Å². The van der Waals surface area contributed by atoms with E-state index in [1.54, 1.807) is 0 Å². The largest absolute Gasteiger partial charge is 0.480 e. The Morgan fingerprint density at radius 1 is 1.29 bits per heavy atom. The van der Waals surface area contributed by atoms with E-state index >= 15 is 0 Å². The number of oxazole rings is 1. The minimum Gasteiger partial charge on any atom is -0.480 e. The van der Waals surface area contributed by atoms with Gasteiger partial charge in [-0.05, 0) is 36.6 Å². The summed E-state index contributed by atoms with van der Waals surface area (Å²) in [5.74, 6) is -1.46. The molecule has 0 saturated heterocycles. The number of benzene rings is 1. The standard InChI is InChI=1S/C17H19FN2O4/c1-10(2)7-14(17(22)23)20-15(21)8-13-9-24-16(19-13)11-3-5-12(18)6-4-11/h3-6,9-10,14H,7-8H2,1-2H3,(H,20,21)(H,22,23). The molecule has 0 bridgehead atoms. The number of carboxylic acid groups (broad SMARTS) is 1. The summed E-state index contributed by atoms with van der Waals surface area (Å²) in [5.41, 5.74) is 0.965. The van der Waals surface area contributed by atoms with Gasteiger partial charge in [0.25, 0.3) is 0 Å². The molecule has 128 valence electrons. The molecule has 0 fully saturated rings. The highest BCUT2D eigenvalue weighted by molar-refractivity contribution is 5.84. The van der Waals surface area contributed by atoms with E-state index in [2.05, 4.69) is 10.3 Å². The van der Waals surface area contributed by atoms with Crippen LogP contribution in [0.3, 0.4) is 0 Å². The summed E-state index contributed by atoms with van der Waals surface area (Å²) in [5, 5.41) is 11.6. The number of carbonyl (C=O) groups excluding carboxylic acids is 1. The van der Waals surface area contributed by atoms with E-state index in [1.807, 2.05) is 13.8 Å². The Labute approximate surface area is 138 Å². The third kappa shape index (κ3) is 4.91. The zero-order chi connectivity index (χ0) is 17.7. The third-order valence-corrected chi connectivity index (χ3v) is 3.33. The molecular formula is C17H19FN2O4. The fraction of sp³-hybridized carbons (Fsp3) is 0.353. The van der Waals surface area contributed by atoms with Crippen LogP contribution in [-0.2, 0) is 16.0 Å². The zero-order valence-electron chi connectivity index (χ0n) is 13.5. The minimum absolute atomic E-state index is 0.0907. The molecule has 1 atom stereocenters. The van der Waals surface area contributed by atoms with Crippen molar-refractivity contribution >= 4 is 11.9 Å². The van der Waals surface area contributed by atoms with Gasteiger partial charge in [-0.2, -0.15) is 0 Å². The number of aromatic nitrogens is 1. The van der Waals surface area contributed by atoms with Gasteiger partial charge in [-0.15, -0.1) is 0 Å².